The monoisotopic (exact) mass is 566 g/mol. The summed E-state index contributed by atoms with van der Waals surface area (Å²) in [4.78, 5) is 20.7. The molecule has 0 saturated heterocycles. The second-order valence-corrected chi connectivity index (χ2v) is 11.2. The number of aromatic nitrogens is 2. The molecule has 194 valence electrons. The van der Waals surface area contributed by atoms with Gasteiger partial charge in [-0.25, -0.2) is 27.2 Å². The van der Waals surface area contributed by atoms with E-state index in [2.05, 4.69) is 20.0 Å². The molecular formula is C24H21ClF2N4O4S2. The second kappa shape index (κ2) is 11.0. The third kappa shape index (κ3) is 5.65. The first kappa shape index (κ1) is 26.7. The van der Waals surface area contributed by atoms with Crippen molar-refractivity contribution in [2.24, 2.45) is 0 Å². The van der Waals surface area contributed by atoms with Gasteiger partial charge in [-0.2, -0.15) is 0 Å². The summed E-state index contributed by atoms with van der Waals surface area (Å²) in [7, 11) is -2.56. The number of halogens is 3. The summed E-state index contributed by atoms with van der Waals surface area (Å²) in [5.41, 5.74) is -0.278. The van der Waals surface area contributed by atoms with Crippen LogP contribution in [0.15, 0.2) is 48.1 Å². The van der Waals surface area contributed by atoms with E-state index < -0.39 is 44.2 Å². The third-order valence-electron chi connectivity index (χ3n) is 5.65. The van der Waals surface area contributed by atoms with E-state index in [0.717, 1.165) is 29.0 Å². The van der Waals surface area contributed by atoms with Crippen LogP contribution in [-0.2, 0) is 16.4 Å². The van der Waals surface area contributed by atoms with Crippen LogP contribution in [-0.4, -0.2) is 36.7 Å². The molecule has 0 radical (unpaired) electrons. The van der Waals surface area contributed by atoms with Crippen molar-refractivity contribution in [1.82, 2.24) is 9.97 Å². The Hall–Kier alpha value is -3.35. The van der Waals surface area contributed by atoms with Gasteiger partial charge in [0.05, 0.1) is 33.8 Å². The molecule has 0 saturated carbocycles. The molecule has 8 nitrogen and oxygen atoms in total. The van der Waals surface area contributed by atoms with Gasteiger partial charge in [0.25, 0.3) is 5.91 Å². The molecule has 2 N–H and O–H groups in total. The highest BCUT2D eigenvalue weighted by atomic mass is 35.5. The Morgan fingerprint density at radius 1 is 1.16 bits per heavy atom. The number of methoxy groups -OCH3 is 1. The average Bonchev–Trinajstić information content (AvgIpc) is 3.32. The van der Waals surface area contributed by atoms with Crippen molar-refractivity contribution in [3.8, 4) is 5.75 Å². The van der Waals surface area contributed by atoms with Crippen LogP contribution in [0.5, 0.6) is 5.75 Å². The SMILES string of the molecule is CCC(Cc1ccc(OC)cc1)S(=O)(=O)Nc1ccc(F)c(NC(=O)c2csc3c(Cl)ncnc23)c1F. The fourth-order valence-corrected chi connectivity index (χ4v) is 6.27. The number of nitrogens with zero attached hydrogens (tertiary/aromatic N) is 2. The van der Waals surface area contributed by atoms with Crippen molar-refractivity contribution in [2.75, 3.05) is 17.1 Å². The maximum absolute atomic E-state index is 15.3. The van der Waals surface area contributed by atoms with E-state index in [4.69, 9.17) is 16.3 Å². The van der Waals surface area contributed by atoms with Gasteiger partial charge < -0.3 is 10.1 Å². The van der Waals surface area contributed by atoms with Gasteiger partial charge in [-0.05, 0) is 42.7 Å². The Labute approximate surface area is 220 Å². The van der Waals surface area contributed by atoms with E-state index in [0.29, 0.717) is 10.4 Å². The van der Waals surface area contributed by atoms with Gasteiger partial charge in [-0.15, -0.1) is 11.3 Å². The van der Waals surface area contributed by atoms with Gasteiger partial charge in [-0.3, -0.25) is 9.52 Å². The smallest absolute Gasteiger partial charge is 0.258 e. The zero-order valence-corrected chi connectivity index (χ0v) is 22.0. The van der Waals surface area contributed by atoms with Crippen LogP contribution in [0.2, 0.25) is 5.15 Å². The summed E-state index contributed by atoms with van der Waals surface area (Å²) in [6.45, 7) is 1.70. The zero-order valence-electron chi connectivity index (χ0n) is 19.6. The lowest BCUT2D eigenvalue weighted by atomic mass is 10.1. The first-order chi connectivity index (χ1) is 17.6. The van der Waals surface area contributed by atoms with E-state index in [1.54, 1.807) is 31.2 Å². The highest BCUT2D eigenvalue weighted by molar-refractivity contribution is 7.93. The highest BCUT2D eigenvalue weighted by Gasteiger charge is 2.27. The van der Waals surface area contributed by atoms with E-state index in [9.17, 15) is 17.6 Å². The molecule has 1 unspecified atom stereocenters. The number of thiophene rings is 1. The minimum absolute atomic E-state index is 0.0413. The van der Waals surface area contributed by atoms with Crippen LogP contribution in [0.1, 0.15) is 29.3 Å². The number of hydrogen-bond donors (Lipinski definition) is 2. The van der Waals surface area contributed by atoms with Crippen molar-refractivity contribution < 1.29 is 26.7 Å². The predicted octanol–water partition coefficient (Wildman–Crippen LogP) is 5.65. The number of sulfonamides is 1. The number of ether oxygens (including phenoxy) is 1. The highest BCUT2D eigenvalue weighted by Crippen LogP contribution is 2.32. The van der Waals surface area contributed by atoms with Crippen LogP contribution in [0.4, 0.5) is 20.2 Å². The minimum Gasteiger partial charge on any atom is -0.497 e. The summed E-state index contributed by atoms with van der Waals surface area (Å²) in [5.74, 6) is -2.55. The first-order valence-corrected chi connectivity index (χ1v) is 13.8. The van der Waals surface area contributed by atoms with Crippen LogP contribution in [0.25, 0.3) is 10.2 Å². The summed E-state index contributed by atoms with van der Waals surface area (Å²) in [6, 6.07) is 8.75. The fraction of sp³-hybridized carbons (Fsp3) is 0.208. The largest absolute Gasteiger partial charge is 0.497 e. The Bertz CT molecular complexity index is 1560. The molecular weight excluding hydrogens is 546 g/mol. The van der Waals surface area contributed by atoms with Crippen molar-refractivity contribution in [3.05, 3.63) is 76.0 Å². The summed E-state index contributed by atoms with van der Waals surface area (Å²) >= 11 is 7.11. The molecule has 0 aliphatic carbocycles. The number of carbonyl (C=O) groups is 1. The van der Waals surface area contributed by atoms with Gasteiger partial charge in [-0.1, -0.05) is 30.7 Å². The number of fused-ring (bicyclic) bond motifs is 1. The Kier molecular flexibility index (Phi) is 7.90. The topological polar surface area (TPSA) is 110 Å². The second-order valence-electron chi connectivity index (χ2n) is 7.96. The number of hydrogen-bond acceptors (Lipinski definition) is 7. The molecule has 0 bridgehead atoms. The van der Waals surface area contributed by atoms with Crippen molar-refractivity contribution in [1.29, 1.82) is 0 Å². The molecule has 0 spiro atoms. The van der Waals surface area contributed by atoms with E-state index in [-0.39, 0.29) is 29.1 Å². The van der Waals surface area contributed by atoms with Crippen molar-refractivity contribution >= 4 is 60.5 Å². The van der Waals surface area contributed by atoms with E-state index >= 15 is 4.39 Å². The quantitative estimate of drug-likeness (QED) is 0.253. The van der Waals surface area contributed by atoms with Gasteiger partial charge in [0.1, 0.15) is 28.7 Å². The number of nitrogens with one attached hydrogen (secondary N) is 2. The summed E-state index contributed by atoms with van der Waals surface area (Å²) < 4.78 is 63.8. The lowest BCUT2D eigenvalue weighted by molar-refractivity contribution is 0.102. The van der Waals surface area contributed by atoms with E-state index in [1.165, 1.54) is 18.8 Å². The van der Waals surface area contributed by atoms with Crippen LogP contribution in [0.3, 0.4) is 0 Å². The summed E-state index contributed by atoms with van der Waals surface area (Å²) in [6.07, 6.45) is 1.57. The van der Waals surface area contributed by atoms with E-state index in [1.807, 2.05) is 0 Å². The first-order valence-electron chi connectivity index (χ1n) is 11.0. The number of rotatable bonds is 9. The molecule has 1 amide bonds. The molecule has 13 heteroatoms. The number of anilines is 2. The molecule has 0 aliphatic rings. The van der Waals surface area contributed by atoms with Gasteiger partial charge >= 0.3 is 0 Å². The lowest BCUT2D eigenvalue weighted by Crippen LogP contribution is -2.30. The standard InChI is InChI=1S/C24H21ClF2N4O4S2/c1-3-15(10-13-4-6-14(35-2)7-5-13)37(33,34)31-18-9-8-17(26)21(19(18)27)30-24(32)16-11-36-22-20(16)28-12-29-23(22)25/h4-9,11-12,15,31H,3,10H2,1-2H3,(H,30,32). The lowest BCUT2D eigenvalue weighted by Gasteiger charge is -2.19. The maximum atomic E-state index is 15.3. The Morgan fingerprint density at radius 3 is 2.57 bits per heavy atom. The third-order valence-corrected chi connectivity index (χ3v) is 8.91. The Morgan fingerprint density at radius 2 is 1.89 bits per heavy atom. The minimum atomic E-state index is -4.08. The van der Waals surface area contributed by atoms with Crippen molar-refractivity contribution in [2.45, 2.75) is 25.0 Å². The fourth-order valence-electron chi connectivity index (χ4n) is 3.64. The van der Waals surface area contributed by atoms with Crippen LogP contribution < -0.4 is 14.8 Å². The van der Waals surface area contributed by atoms with Crippen molar-refractivity contribution in [3.63, 3.8) is 0 Å². The molecule has 2 aromatic carbocycles. The number of amides is 1. The van der Waals surface area contributed by atoms with Crippen LogP contribution in [0, 0.1) is 11.6 Å². The van der Waals surface area contributed by atoms with Gasteiger partial charge in [0, 0.05) is 5.38 Å². The molecule has 4 rings (SSSR count). The normalized spacial score (nSPS) is 12.4. The molecule has 0 fully saturated rings. The molecule has 1 atom stereocenters. The molecule has 37 heavy (non-hydrogen) atoms. The number of carbonyl (C=O) groups excluding carboxylic acids is 1. The molecule has 4 aromatic rings. The molecule has 0 aliphatic heterocycles. The molecule has 2 aromatic heterocycles. The summed E-state index contributed by atoms with van der Waals surface area (Å²) in [5, 5.41) is 2.86. The molecule has 2 heterocycles. The van der Waals surface area contributed by atoms with Gasteiger partial charge in [0.2, 0.25) is 10.0 Å². The van der Waals surface area contributed by atoms with Crippen LogP contribution >= 0.6 is 22.9 Å². The average molecular weight is 567 g/mol. The predicted molar refractivity (Wildman–Crippen MR) is 140 cm³/mol. The zero-order chi connectivity index (χ0) is 26.7. The van der Waals surface area contributed by atoms with Gasteiger partial charge in [0.15, 0.2) is 5.82 Å². The maximum Gasteiger partial charge on any atom is 0.258 e. The Balaban J connectivity index is 1.57. The number of benzene rings is 2.